The number of alkyl halides is 3. The molecule has 0 spiro atoms. The average Bonchev–Trinajstić information content (AvgIpc) is 3.42. The van der Waals surface area contributed by atoms with Crippen molar-refractivity contribution in [3.05, 3.63) is 70.2 Å². The Morgan fingerprint density at radius 1 is 1.06 bits per heavy atom. The Bertz CT molecular complexity index is 1380. The topological polar surface area (TPSA) is 84.0 Å². The fourth-order valence-electron chi connectivity index (χ4n) is 3.96. The molecule has 1 aliphatic rings. The van der Waals surface area contributed by atoms with E-state index in [9.17, 15) is 22.8 Å². The second kappa shape index (κ2) is 8.48. The lowest BCUT2D eigenvalue weighted by molar-refractivity contribution is -0.138. The van der Waals surface area contributed by atoms with E-state index in [4.69, 9.17) is 0 Å². The quantitative estimate of drug-likeness (QED) is 0.346. The van der Waals surface area contributed by atoms with Crippen LogP contribution in [-0.4, -0.2) is 21.8 Å². The highest BCUT2D eigenvalue weighted by molar-refractivity contribution is 7.22. The van der Waals surface area contributed by atoms with Gasteiger partial charge in [-0.15, -0.1) is 11.3 Å². The van der Waals surface area contributed by atoms with Gasteiger partial charge in [0.2, 0.25) is 5.91 Å². The average molecular weight is 503 g/mol. The molecule has 1 aliphatic carbocycles. The minimum absolute atomic E-state index is 0.322. The van der Waals surface area contributed by atoms with Crippen molar-refractivity contribution >= 4 is 55.5 Å². The lowest BCUT2D eigenvalue weighted by Gasteiger charge is -2.40. The van der Waals surface area contributed by atoms with Crippen molar-refractivity contribution in [3.63, 3.8) is 0 Å². The molecular weight excluding hydrogens is 485 g/mol. The third-order valence-electron chi connectivity index (χ3n) is 5.92. The lowest BCUT2D eigenvalue weighted by atomic mass is 9.63. The van der Waals surface area contributed by atoms with Crippen molar-refractivity contribution in [1.29, 1.82) is 0 Å². The molecule has 0 saturated heterocycles. The summed E-state index contributed by atoms with van der Waals surface area (Å²) in [5, 5.41) is 7.57. The number of fused-ring (bicyclic) bond motifs is 1. The first-order valence-electron chi connectivity index (χ1n) is 10.3. The fraction of sp³-hybridized carbons (Fsp3) is 0.217. The van der Waals surface area contributed by atoms with Gasteiger partial charge in [-0.25, -0.2) is 9.97 Å². The summed E-state index contributed by atoms with van der Waals surface area (Å²) in [7, 11) is 0. The molecule has 5 rings (SSSR count). The molecular formula is C23H17F3N4O2S2. The van der Waals surface area contributed by atoms with Crippen molar-refractivity contribution in [3.8, 4) is 0 Å². The van der Waals surface area contributed by atoms with Crippen LogP contribution in [0.5, 0.6) is 0 Å². The molecule has 0 bridgehead atoms. The van der Waals surface area contributed by atoms with Crippen LogP contribution in [0, 0.1) is 0 Å². The van der Waals surface area contributed by atoms with Crippen molar-refractivity contribution in [2.24, 2.45) is 0 Å². The van der Waals surface area contributed by atoms with Crippen LogP contribution in [0.3, 0.4) is 0 Å². The van der Waals surface area contributed by atoms with Crippen LogP contribution in [0.2, 0.25) is 0 Å². The first-order valence-corrected chi connectivity index (χ1v) is 12.1. The predicted molar refractivity (Wildman–Crippen MR) is 125 cm³/mol. The Morgan fingerprint density at radius 3 is 2.56 bits per heavy atom. The Morgan fingerprint density at radius 2 is 1.88 bits per heavy atom. The third kappa shape index (κ3) is 4.16. The van der Waals surface area contributed by atoms with Gasteiger partial charge in [0.05, 0.1) is 26.7 Å². The highest BCUT2D eigenvalue weighted by Gasteiger charge is 2.46. The summed E-state index contributed by atoms with van der Waals surface area (Å²) in [6, 6.07) is 10.2. The maximum Gasteiger partial charge on any atom is 0.416 e. The van der Waals surface area contributed by atoms with Gasteiger partial charge >= 0.3 is 6.18 Å². The molecule has 2 amide bonds. The van der Waals surface area contributed by atoms with E-state index in [2.05, 4.69) is 20.6 Å². The van der Waals surface area contributed by atoms with Crippen LogP contribution < -0.4 is 10.6 Å². The van der Waals surface area contributed by atoms with Gasteiger partial charge in [0.25, 0.3) is 5.91 Å². The van der Waals surface area contributed by atoms with Crippen LogP contribution in [0.4, 0.5) is 24.0 Å². The molecule has 2 heterocycles. The van der Waals surface area contributed by atoms with E-state index < -0.39 is 17.2 Å². The summed E-state index contributed by atoms with van der Waals surface area (Å²) < 4.78 is 40.3. The van der Waals surface area contributed by atoms with E-state index in [-0.39, 0.29) is 11.8 Å². The monoisotopic (exact) mass is 502 g/mol. The van der Waals surface area contributed by atoms with Gasteiger partial charge in [0.1, 0.15) is 5.69 Å². The summed E-state index contributed by atoms with van der Waals surface area (Å²) >= 11 is 2.55. The molecule has 6 nitrogen and oxygen atoms in total. The van der Waals surface area contributed by atoms with Crippen LogP contribution in [0.1, 0.15) is 40.9 Å². The number of anilines is 2. The molecule has 1 saturated carbocycles. The van der Waals surface area contributed by atoms with Crippen molar-refractivity contribution in [1.82, 2.24) is 9.97 Å². The summed E-state index contributed by atoms with van der Waals surface area (Å²) in [4.78, 5) is 33.8. The van der Waals surface area contributed by atoms with Gasteiger partial charge in [-0.3, -0.25) is 9.59 Å². The molecule has 34 heavy (non-hydrogen) atoms. The molecule has 2 N–H and O–H groups in total. The lowest BCUT2D eigenvalue weighted by Crippen LogP contribution is -2.46. The highest BCUT2D eigenvalue weighted by Crippen LogP contribution is 2.46. The van der Waals surface area contributed by atoms with Gasteiger partial charge in [0, 0.05) is 11.1 Å². The van der Waals surface area contributed by atoms with Crippen molar-refractivity contribution in [2.45, 2.75) is 30.9 Å². The molecule has 11 heteroatoms. The van der Waals surface area contributed by atoms with E-state index >= 15 is 0 Å². The number of aromatic nitrogens is 2. The van der Waals surface area contributed by atoms with Gasteiger partial charge in [-0.2, -0.15) is 13.2 Å². The van der Waals surface area contributed by atoms with Gasteiger partial charge in [-0.05, 0) is 42.7 Å². The number of hydrogen-bond acceptors (Lipinski definition) is 6. The number of thiazole rings is 2. The number of benzene rings is 2. The van der Waals surface area contributed by atoms with Crippen LogP contribution >= 0.6 is 22.7 Å². The van der Waals surface area contributed by atoms with E-state index in [0.29, 0.717) is 40.4 Å². The minimum Gasteiger partial charge on any atom is -0.321 e. The standard InChI is InChI=1S/C23H17F3N4O2S2/c24-23(25,26)14-4-1-3-13(9-14)22(7-2-8-22)20(32)30-21-29-16-6-5-15(10-18(16)34-21)28-19(31)17-11-33-12-27-17/h1,3-6,9-12H,2,7-8H2,(H,28,31)(H,29,30,32). The van der Waals surface area contributed by atoms with Crippen LogP contribution in [0.25, 0.3) is 10.2 Å². The Labute approximate surface area is 199 Å². The minimum atomic E-state index is -4.48. The zero-order chi connectivity index (χ0) is 23.9. The van der Waals surface area contributed by atoms with Crippen LogP contribution in [0.15, 0.2) is 53.4 Å². The van der Waals surface area contributed by atoms with Crippen LogP contribution in [-0.2, 0) is 16.4 Å². The first kappa shape index (κ1) is 22.5. The number of rotatable bonds is 5. The molecule has 2 aromatic heterocycles. The zero-order valence-corrected chi connectivity index (χ0v) is 19.1. The van der Waals surface area contributed by atoms with Gasteiger partial charge < -0.3 is 10.6 Å². The second-order valence-corrected chi connectivity index (χ2v) is 9.75. The van der Waals surface area contributed by atoms with E-state index in [1.807, 2.05) is 0 Å². The third-order valence-corrected chi connectivity index (χ3v) is 7.44. The largest absolute Gasteiger partial charge is 0.416 e. The maximum absolute atomic E-state index is 13.2. The number of halogens is 3. The number of carbonyl (C=O) groups excluding carboxylic acids is 2. The Balaban J connectivity index is 1.36. The highest BCUT2D eigenvalue weighted by atomic mass is 32.1. The molecule has 174 valence electrons. The predicted octanol–water partition coefficient (Wildman–Crippen LogP) is 6.08. The molecule has 0 aliphatic heterocycles. The zero-order valence-electron chi connectivity index (χ0n) is 17.5. The number of nitrogens with zero attached hydrogens (tertiary/aromatic N) is 2. The second-order valence-electron chi connectivity index (χ2n) is 8.00. The summed E-state index contributed by atoms with van der Waals surface area (Å²) in [5.74, 6) is -0.694. The van der Waals surface area contributed by atoms with Gasteiger partial charge in [0.15, 0.2) is 5.13 Å². The Kier molecular flexibility index (Phi) is 5.61. The summed E-state index contributed by atoms with van der Waals surface area (Å²) in [5.41, 5.74) is 1.68. The smallest absolute Gasteiger partial charge is 0.321 e. The maximum atomic E-state index is 13.2. The number of nitrogens with one attached hydrogen (secondary N) is 2. The van der Waals surface area contributed by atoms with E-state index in [1.165, 1.54) is 28.7 Å². The normalized spacial score (nSPS) is 15.0. The molecule has 0 radical (unpaired) electrons. The molecule has 2 aromatic carbocycles. The number of carbonyl (C=O) groups is 2. The van der Waals surface area contributed by atoms with Gasteiger partial charge in [-0.1, -0.05) is 36.0 Å². The fourth-order valence-corrected chi connectivity index (χ4v) is 5.39. The molecule has 0 unspecified atom stereocenters. The van der Waals surface area contributed by atoms with Crippen molar-refractivity contribution < 1.29 is 22.8 Å². The summed E-state index contributed by atoms with van der Waals surface area (Å²) in [6.45, 7) is 0. The Hall–Kier alpha value is -3.31. The molecule has 1 fully saturated rings. The van der Waals surface area contributed by atoms with E-state index in [0.717, 1.165) is 23.3 Å². The first-order chi connectivity index (χ1) is 16.2. The summed E-state index contributed by atoms with van der Waals surface area (Å²) in [6.07, 6.45) is -2.78. The van der Waals surface area contributed by atoms with Crippen molar-refractivity contribution in [2.75, 3.05) is 10.6 Å². The number of amides is 2. The SMILES string of the molecule is O=C(Nc1ccc2nc(NC(=O)C3(c4cccc(C(F)(F)F)c4)CCC3)sc2c1)c1cscn1. The molecule has 4 aromatic rings. The van der Waals surface area contributed by atoms with E-state index in [1.54, 1.807) is 35.2 Å². The molecule has 0 atom stereocenters. The number of hydrogen-bond donors (Lipinski definition) is 2.